The minimum absolute atomic E-state index is 0.170. The molecule has 1 aromatic heterocycles. The van der Waals surface area contributed by atoms with Crippen molar-refractivity contribution in [3.05, 3.63) is 10.2 Å². The third-order valence-corrected chi connectivity index (χ3v) is 2.06. The highest BCUT2D eigenvalue weighted by molar-refractivity contribution is 9.10. The number of aromatic nitrogens is 2. The Kier molecular flexibility index (Phi) is 2.38. The van der Waals surface area contributed by atoms with Crippen LogP contribution in [0.25, 0.3) is 0 Å². The standard InChI is InChI=1S/C7H9BrN4/c1-4(2)12-7(10)5(3-9)6(8)11-12/h4H,10H2,1-2H3. The van der Waals surface area contributed by atoms with Crippen molar-refractivity contribution in [3.63, 3.8) is 0 Å². The number of anilines is 1. The van der Waals surface area contributed by atoms with E-state index < -0.39 is 0 Å². The molecule has 0 spiro atoms. The van der Waals surface area contributed by atoms with Gasteiger partial charge >= 0.3 is 0 Å². The van der Waals surface area contributed by atoms with Crippen LogP contribution < -0.4 is 5.73 Å². The second-order valence-corrected chi connectivity index (χ2v) is 3.45. The third kappa shape index (κ3) is 1.30. The summed E-state index contributed by atoms with van der Waals surface area (Å²) in [6.45, 7) is 3.91. The van der Waals surface area contributed by atoms with Crippen molar-refractivity contribution in [1.29, 1.82) is 5.26 Å². The zero-order valence-corrected chi connectivity index (χ0v) is 8.46. The van der Waals surface area contributed by atoms with Crippen LogP contribution in [0.2, 0.25) is 0 Å². The largest absolute Gasteiger partial charge is 0.383 e. The van der Waals surface area contributed by atoms with Crippen molar-refractivity contribution in [1.82, 2.24) is 9.78 Å². The van der Waals surface area contributed by atoms with Crippen molar-refractivity contribution in [2.45, 2.75) is 19.9 Å². The van der Waals surface area contributed by atoms with Crippen LogP contribution in [0.3, 0.4) is 0 Å². The van der Waals surface area contributed by atoms with Crippen molar-refractivity contribution in [2.24, 2.45) is 0 Å². The lowest BCUT2D eigenvalue weighted by atomic mass is 10.3. The molecule has 5 heteroatoms. The van der Waals surface area contributed by atoms with Gasteiger partial charge in [-0.2, -0.15) is 10.4 Å². The van der Waals surface area contributed by atoms with E-state index in [1.165, 1.54) is 0 Å². The maximum Gasteiger partial charge on any atom is 0.148 e. The van der Waals surface area contributed by atoms with Crippen LogP contribution in [-0.4, -0.2) is 9.78 Å². The minimum atomic E-state index is 0.170. The van der Waals surface area contributed by atoms with Gasteiger partial charge in [0, 0.05) is 6.04 Å². The first kappa shape index (κ1) is 9.07. The molecule has 0 bridgehead atoms. The third-order valence-electron chi connectivity index (χ3n) is 1.51. The van der Waals surface area contributed by atoms with Gasteiger partial charge in [-0.25, -0.2) is 4.68 Å². The summed E-state index contributed by atoms with van der Waals surface area (Å²) in [5, 5.41) is 12.7. The van der Waals surface area contributed by atoms with E-state index in [2.05, 4.69) is 21.0 Å². The average molecular weight is 229 g/mol. The van der Waals surface area contributed by atoms with Crippen LogP contribution in [0.1, 0.15) is 25.5 Å². The van der Waals surface area contributed by atoms with Crippen LogP contribution in [-0.2, 0) is 0 Å². The summed E-state index contributed by atoms with van der Waals surface area (Å²) in [5.74, 6) is 0.416. The lowest BCUT2D eigenvalue weighted by Gasteiger charge is -2.06. The lowest BCUT2D eigenvalue weighted by Crippen LogP contribution is -2.07. The summed E-state index contributed by atoms with van der Waals surface area (Å²) in [7, 11) is 0. The zero-order chi connectivity index (χ0) is 9.30. The minimum Gasteiger partial charge on any atom is -0.383 e. The first-order chi connectivity index (χ1) is 5.57. The molecule has 1 aromatic rings. The predicted molar refractivity (Wildman–Crippen MR) is 49.4 cm³/mol. The zero-order valence-electron chi connectivity index (χ0n) is 6.87. The molecule has 0 aliphatic heterocycles. The molecular weight excluding hydrogens is 220 g/mol. The number of hydrogen-bond donors (Lipinski definition) is 1. The number of nitrogens with zero attached hydrogens (tertiary/aromatic N) is 3. The van der Waals surface area contributed by atoms with Crippen molar-refractivity contribution in [3.8, 4) is 6.07 Å². The lowest BCUT2D eigenvalue weighted by molar-refractivity contribution is 0.538. The first-order valence-electron chi connectivity index (χ1n) is 3.51. The molecule has 1 rings (SSSR count). The number of nitriles is 1. The van der Waals surface area contributed by atoms with E-state index in [0.717, 1.165) is 0 Å². The molecule has 0 fully saturated rings. The summed E-state index contributed by atoms with van der Waals surface area (Å²) < 4.78 is 2.12. The van der Waals surface area contributed by atoms with E-state index in [-0.39, 0.29) is 6.04 Å². The summed E-state index contributed by atoms with van der Waals surface area (Å²) in [5.41, 5.74) is 6.07. The quantitative estimate of drug-likeness (QED) is 0.796. The van der Waals surface area contributed by atoms with Crippen LogP contribution in [0, 0.1) is 11.3 Å². The van der Waals surface area contributed by atoms with Gasteiger partial charge in [0.25, 0.3) is 0 Å². The normalized spacial score (nSPS) is 10.2. The van der Waals surface area contributed by atoms with E-state index in [0.29, 0.717) is 16.0 Å². The van der Waals surface area contributed by atoms with Crippen LogP contribution in [0.15, 0.2) is 4.60 Å². The number of hydrogen-bond acceptors (Lipinski definition) is 3. The summed E-state index contributed by atoms with van der Waals surface area (Å²) in [4.78, 5) is 0. The van der Waals surface area contributed by atoms with Crippen LogP contribution >= 0.6 is 15.9 Å². The summed E-state index contributed by atoms with van der Waals surface area (Å²) in [6, 6.07) is 2.15. The predicted octanol–water partition coefficient (Wildman–Crippen LogP) is 1.68. The Morgan fingerprint density at radius 2 is 2.25 bits per heavy atom. The van der Waals surface area contributed by atoms with Gasteiger partial charge in [-0.15, -0.1) is 0 Å². The maximum atomic E-state index is 8.68. The molecule has 4 nitrogen and oxygen atoms in total. The SMILES string of the molecule is CC(C)n1nc(Br)c(C#N)c1N. The molecule has 2 N–H and O–H groups in total. The van der Waals surface area contributed by atoms with Crippen LogP contribution in [0.4, 0.5) is 5.82 Å². The van der Waals surface area contributed by atoms with E-state index in [1.54, 1.807) is 4.68 Å². The molecule has 0 radical (unpaired) electrons. The first-order valence-corrected chi connectivity index (χ1v) is 4.30. The highest BCUT2D eigenvalue weighted by Crippen LogP contribution is 2.23. The molecule has 1 heterocycles. The van der Waals surface area contributed by atoms with E-state index in [1.807, 2.05) is 19.9 Å². The number of nitrogen functional groups attached to an aromatic ring is 1. The summed E-state index contributed by atoms with van der Waals surface area (Å²) >= 11 is 3.16. The Bertz CT molecular complexity index is 334. The Balaban J connectivity index is 3.29. The monoisotopic (exact) mass is 228 g/mol. The van der Waals surface area contributed by atoms with Gasteiger partial charge in [-0.1, -0.05) is 0 Å². The average Bonchev–Trinajstić information content (AvgIpc) is 2.27. The van der Waals surface area contributed by atoms with Crippen molar-refractivity contribution in [2.75, 3.05) is 5.73 Å². The van der Waals surface area contributed by atoms with Gasteiger partial charge < -0.3 is 5.73 Å². The Hall–Kier alpha value is -1.02. The fraction of sp³-hybridized carbons (Fsp3) is 0.429. The Morgan fingerprint density at radius 1 is 1.67 bits per heavy atom. The van der Waals surface area contributed by atoms with Gasteiger partial charge in [0.05, 0.1) is 0 Å². The smallest absolute Gasteiger partial charge is 0.148 e. The van der Waals surface area contributed by atoms with Gasteiger partial charge in [0.15, 0.2) is 0 Å². The van der Waals surface area contributed by atoms with Crippen molar-refractivity contribution >= 4 is 21.7 Å². The fourth-order valence-corrected chi connectivity index (χ4v) is 1.38. The second kappa shape index (κ2) is 3.15. The Labute approximate surface area is 79.1 Å². The van der Waals surface area contributed by atoms with Crippen molar-refractivity contribution < 1.29 is 0 Å². The summed E-state index contributed by atoms with van der Waals surface area (Å²) in [6.07, 6.45) is 0. The van der Waals surface area contributed by atoms with E-state index in [9.17, 15) is 0 Å². The molecular formula is C7H9BrN4. The topological polar surface area (TPSA) is 67.6 Å². The number of nitrogens with two attached hydrogens (primary N) is 1. The van der Waals surface area contributed by atoms with Gasteiger partial charge in [0.2, 0.25) is 0 Å². The van der Waals surface area contributed by atoms with Gasteiger partial charge in [-0.3, -0.25) is 0 Å². The maximum absolute atomic E-state index is 8.68. The number of halogens is 1. The molecule has 0 unspecified atom stereocenters. The van der Waals surface area contributed by atoms with E-state index in [4.69, 9.17) is 11.0 Å². The van der Waals surface area contributed by atoms with Gasteiger partial charge in [-0.05, 0) is 29.8 Å². The fourth-order valence-electron chi connectivity index (χ4n) is 0.916. The molecule has 0 aromatic carbocycles. The Morgan fingerprint density at radius 3 is 2.50 bits per heavy atom. The highest BCUT2D eigenvalue weighted by atomic mass is 79.9. The molecule has 0 saturated carbocycles. The van der Waals surface area contributed by atoms with Gasteiger partial charge in [0.1, 0.15) is 22.1 Å². The molecule has 64 valence electrons. The molecule has 0 saturated heterocycles. The highest BCUT2D eigenvalue weighted by Gasteiger charge is 2.14. The molecule has 0 amide bonds. The van der Waals surface area contributed by atoms with Crippen LogP contribution in [0.5, 0.6) is 0 Å². The molecule has 0 atom stereocenters. The van der Waals surface area contributed by atoms with E-state index >= 15 is 0 Å². The molecule has 0 aliphatic carbocycles. The number of rotatable bonds is 1. The molecule has 12 heavy (non-hydrogen) atoms. The second-order valence-electron chi connectivity index (χ2n) is 2.70. The molecule has 0 aliphatic rings.